The summed E-state index contributed by atoms with van der Waals surface area (Å²) in [6.07, 6.45) is 5.00. The molecule has 0 radical (unpaired) electrons. The van der Waals surface area contributed by atoms with Crippen LogP contribution in [0.1, 0.15) is 33.4 Å². The van der Waals surface area contributed by atoms with Crippen molar-refractivity contribution in [1.29, 1.82) is 15.8 Å². The molecule has 0 aliphatic rings. The second-order valence-electron chi connectivity index (χ2n) is 8.92. The van der Waals surface area contributed by atoms with Crippen molar-refractivity contribution in [3.8, 4) is 18.2 Å². The summed E-state index contributed by atoms with van der Waals surface area (Å²) >= 11 is 37.1. The molecule has 0 spiro atoms. The van der Waals surface area contributed by atoms with Crippen LogP contribution >= 0.6 is 69.6 Å². The van der Waals surface area contributed by atoms with Gasteiger partial charge in [-0.3, -0.25) is 0 Å². The molecule has 4 rings (SSSR count). The monoisotopic (exact) mass is 663 g/mol. The Hall–Kier alpha value is -3.69. The van der Waals surface area contributed by atoms with Crippen LogP contribution in [-0.2, 0) is 0 Å². The van der Waals surface area contributed by atoms with Crippen LogP contribution in [0.3, 0.4) is 0 Å². The van der Waals surface area contributed by atoms with Crippen molar-refractivity contribution in [3.05, 3.63) is 136 Å². The van der Waals surface area contributed by atoms with E-state index in [9.17, 15) is 15.8 Å². The third kappa shape index (κ3) is 8.20. The lowest BCUT2D eigenvalue weighted by molar-refractivity contribution is 1.51. The summed E-state index contributed by atoms with van der Waals surface area (Å²) in [7, 11) is 0. The molecule has 0 aliphatic heterocycles. The molecule has 0 amide bonds. The van der Waals surface area contributed by atoms with E-state index in [1.54, 1.807) is 91.0 Å². The van der Waals surface area contributed by atoms with Crippen molar-refractivity contribution in [3.63, 3.8) is 0 Å². The zero-order valence-electron chi connectivity index (χ0n) is 21.3. The molecule has 0 heterocycles. The minimum absolute atomic E-state index is 0.305. The minimum atomic E-state index is 0.305. The number of hydrogen-bond donors (Lipinski definition) is 0. The maximum absolute atomic E-state index is 9.97. The largest absolute Gasteiger partial charge is 0.192 e. The fourth-order valence-electron chi connectivity index (χ4n) is 4.12. The van der Waals surface area contributed by atoms with Crippen LogP contribution in [0.5, 0.6) is 0 Å². The van der Waals surface area contributed by atoms with Gasteiger partial charge >= 0.3 is 0 Å². The molecule has 4 aromatic carbocycles. The van der Waals surface area contributed by atoms with Crippen molar-refractivity contribution in [2.75, 3.05) is 0 Å². The first-order valence-corrected chi connectivity index (χ1v) is 14.2. The van der Waals surface area contributed by atoms with Crippen LogP contribution in [0, 0.1) is 34.0 Å². The van der Waals surface area contributed by atoms with Gasteiger partial charge in [0.25, 0.3) is 0 Å². The Morgan fingerprint density at radius 1 is 0.381 bits per heavy atom. The van der Waals surface area contributed by atoms with Crippen LogP contribution in [0.25, 0.3) is 34.9 Å². The first-order chi connectivity index (χ1) is 20.1. The van der Waals surface area contributed by atoms with E-state index in [0.29, 0.717) is 80.2 Å². The molecule has 0 unspecified atom stereocenters. The van der Waals surface area contributed by atoms with Crippen molar-refractivity contribution in [1.82, 2.24) is 0 Å². The lowest BCUT2D eigenvalue weighted by atomic mass is 9.96. The molecule has 42 heavy (non-hydrogen) atoms. The molecule has 0 aromatic heterocycles. The zero-order valence-corrected chi connectivity index (χ0v) is 25.8. The van der Waals surface area contributed by atoms with E-state index in [1.807, 2.05) is 0 Å². The maximum Gasteiger partial charge on any atom is 0.0998 e. The number of nitriles is 3. The Kier molecular flexibility index (Phi) is 10.4. The summed E-state index contributed by atoms with van der Waals surface area (Å²) in [5, 5.41) is 32.2. The molecule has 0 fully saturated rings. The van der Waals surface area contributed by atoms with Crippen molar-refractivity contribution < 1.29 is 0 Å². The van der Waals surface area contributed by atoms with Gasteiger partial charge in [0, 0.05) is 30.1 Å². The summed E-state index contributed by atoms with van der Waals surface area (Å²) in [6.45, 7) is 0. The summed E-state index contributed by atoms with van der Waals surface area (Å²) in [4.78, 5) is 0. The van der Waals surface area contributed by atoms with E-state index in [0.717, 1.165) is 0 Å². The zero-order chi connectivity index (χ0) is 30.4. The average molecular weight is 666 g/mol. The Bertz CT molecular complexity index is 1640. The second kappa shape index (κ2) is 14.0. The van der Waals surface area contributed by atoms with Crippen LogP contribution in [0.4, 0.5) is 0 Å². The van der Waals surface area contributed by atoms with Crippen LogP contribution in [0.15, 0.2) is 72.8 Å². The van der Waals surface area contributed by atoms with Gasteiger partial charge in [0.05, 0.1) is 34.9 Å². The first-order valence-electron chi connectivity index (χ1n) is 12.0. The third-order valence-corrected chi connectivity index (χ3v) is 7.12. The van der Waals surface area contributed by atoms with Crippen LogP contribution in [0.2, 0.25) is 30.1 Å². The Labute approximate surface area is 273 Å². The second-order valence-corrected chi connectivity index (χ2v) is 11.5. The number of rotatable bonds is 6. The van der Waals surface area contributed by atoms with Gasteiger partial charge in [-0.1, -0.05) is 69.6 Å². The molecule has 9 heteroatoms. The van der Waals surface area contributed by atoms with Crippen LogP contribution < -0.4 is 0 Å². The van der Waals surface area contributed by atoms with E-state index >= 15 is 0 Å². The Morgan fingerprint density at radius 2 is 0.595 bits per heavy atom. The Morgan fingerprint density at radius 3 is 0.786 bits per heavy atom. The van der Waals surface area contributed by atoms with Crippen molar-refractivity contribution in [2.24, 2.45) is 0 Å². The van der Waals surface area contributed by atoms with Gasteiger partial charge in [-0.2, -0.15) is 15.8 Å². The van der Waals surface area contributed by atoms with E-state index in [-0.39, 0.29) is 0 Å². The summed E-state index contributed by atoms with van der Waals surface area (Å²) in [5.74, 6) is 0. The highest BCUT2D eigenvalue weighted by molar-refractivity contribution is 6.36. The van der Waals surface area contributed by atoms with E-state index in [1.165, 1.54) is 0 Å². The molecule has 0 saturated heterocycles. The number of allylic oxidation sites excluding steroid dienone is 3. The van der Waals surface area contributed by atoms with E-state index < -0.39 is 0 Å². The quantitative estimate of drug-likeness (QED) is 0.152. The molecular weight excluding hydrogens is 651 g/mol. The fourth-order valence-corrected chi connectivity index (χ4v) is 5.70. The molecule has 0 bridgehead atoms. The first kappa shape index (κ1) is 31.3. The summed E-state index contributed by atoms with van der Waals surface area (Å²) in [6, 6.07) is 26.5. The lowest BCUT2D eigenvalue weighted by Crippen LogP contribution is -1.89. The minimum Gasteiger partial charge on any atom is -0.192 e. The van der Waals surface area contributed by atoms with Gasteiger partial charge in [-0.05, 0) is 124 Å². The Balaban J connectivity index is 1.93. The predicted octanol–water partition coefficient (Wildman–Crippen LogP) is 11.8. The molecular formula is C33H15Cl6N3. The summed E-state index contributed by atoms with van der Waals surface area (Å²) < 4.78 is 0. The normalized spacial score (nSPS) is 11.9. The predicted molar refractivity (Wildman–Crippen MR) is 176 cm³/mol. The maximum atomic E-state index is 9.97. The average Bonchev–Trinajstić information content (AvgIpc) is 2.91. The van der Waals surface area contributed by atoms with Gasteiger partial charge < -0.3 is 0 Å². The number of halogens is 6. The van der Waals surface area contributed by atoms with Gasteiger partial charge in [-0.25, -0.2) is 0 Å². The highest BCUT2D eigenvalue weighted by atomic mass is 35.5. The lowest BCUT2D eigenvalue weighted by Gasteiger charge is -2.08. The van der Waals surface area contributed by atoms with E-state index in [2.05, 4.69) is 18.2 Å². The highest BCUT2D eigenvalue weighted by Crippen LogP contribution is 2.30. The van der Waals surface area contributed by atoms with Crippen molar-refractivity contribution in [2.45, 2.75) is 0 Å². The van der Waals surface area contributed by atoms with Gasteiger partial charge in [0.15, 0.2) is 0 Å². The molecule has 3 nitrogen and oxygen atoms in total. The van der Waals surface area contributed by atoms with Gasteiger partial charge in [-0.15, -0.1) is 0 Å². The van der Waals surface area contributed by atoms with E-state index in [4.69, 9.17) is 69.6 Å². The number of benzene rings is 4. The smallest absolute Gasteiger partial charge is 0.0998 e. The molecule has 0 atom stereocenters. The third-order valence-electron chi connectivity index (χ3n) is 5.82. The highest BCUT2D eigenvalue weighted by Gasteiger charge is 2.10. The number of hydrogen-bond acceptors (Lipinski definition) is 3. The van der Waals surface area contributed by atoms with Crippen LogP contribution in [-0.4, -0.2) is 0 Å². The number of nitrogens with zero attached hydrogens (tertiary/aromatic N) is 3. The molecule has 0 saturated carbocycles. The molecule has 0 N–H and O–H groups in total. The standard InChI is InChI=1S/C33H15Cl6N3/c34-28-7-22(8-29(35)13-28)25(16-40)4-19-1-20(5-26(17-41)23-9-30(36)14-31(37)10-23)3-21(2-19)6-27(18-42)24-11-32(38)15-33(39)12-24/h1-15H/b25-4+,26-5+,27-6+. The van der Waals surface area contributed by atoms with Gasteiger partial charge in [0.1, 0.15) is 0 Å². The SMILES string of the molecule is N#C/C(=C\c1cc(/C=C(\C#N)c2cc(Cl)cc(Cl)c2)cc(/C=C(\C#N)c2cc(Cl)cc(Cl)c2)c1)c1cc(Cl)cc(Cl)c1. The molecule has 204 valence electrons. The fraction of sp³-hybridized carbons (Fsp3) is 0. The summed E-state index contributed by atoms with van der Waals surface area (Å²) in [5.41, 5.74) is 4.36. The van der Waals surface area contributed by atoms with Crippen molar-refractivity contribution >= 4 is 105 Å². The topological polar surface area (TPSA) is 71.4 Å². The molecule has 4 aromatic rings. The van der Waals surface area contributed by atoms with Gasteiger partial charge in [0.2, 0.25) is 0 Å². The molecule has 0 aliphatic carbocycles.